The highest BCUT2D eigenvalue weighted by Crippen LogP contribution is 2.23. The van der Waals surface area contributed by atoms with Gasteiger partial charge in [-0.05, 0) is 37.6 Å². The molecule has 0 bridgehead atoms. The molecule has 2 rings (SSSR count). The van der Waals surface area contributed by atoms with Crippen LogP contribution in [0.2, 0.25) is 0 Å². The van der Waals surface area contributed by atoms with Gasteiger partial charge in [-0.2, -0.15) is 0 Å². The minimum absolute atomic E-state index is 0.0214. The molecule has 0 spiro atoms. The van der Waals surface area contributed by atoms with E-state index in [0.29, 0.717) is 23.4 Å². The van der Waals surface area contributed by atoms with E-state index in [1.54, 1.807) is 32.2 Å². The number of benzene rings is 1. The predicted molar refractivity (Wildman–Crippen MR) is 81.2 cm³/mol. The zero-order chi connectivity index (χ0) is 16.1. The van der Waals surface area contributed by atoms with Gasteiger partial charge in [0.05, 0.1) is 11.5 Å². The lowest BCUT2D eigenvalue weighted by Gasteiger charge is -2.11. The van der Waals surface area contributed by atoms with Gasteiger partial charge in [-0.3, -0.25) is 14.9 Å². The molecule has 1 heterocycles. The number of carbonyl (C=O) groups excluding carboxylic acids is 1. The Morgan fingerprint density at radius 3 is 2.82 bits per heavy atom. The zero-order valence-corrected chi connectivity index (χ0v) is 12.2. The lowest BCUT2D eigenvalue weighted by molar-refractivity contribution is -0.384. The van der Waals surface area contributed by atoms with Crippen LogP contribution >= 0.6 is 0 Å². The lowest BCUT2D eigenvalue weighted by Crippen LogP contribution is -2.15. The Balaban J connectivity index is 2.24. The van der Waals surface area contributed by atoms with Gasteiger partial charge in [0.25, 0.3) is 11.6 Å². The molecule has 0 aliphatic rings. The van der Waals surface area contributed by atoms with Crippen LogP contribution in [-0.2, 0) is 0 Å². The van der Waals surface area contributed by atoms with Gasteiger partial charge >= 0.3 is 0 Å². The summed E-state index contributed by atoms with van der Waals surface area (Å²) in [6, 6.07) is 7.49. The molecule has 7 nitrogen and oxygen atoms in total. The van der Waals surface area contributed by atoms with Crippen LogP contribution in [0.15, 0.2) is 36.5 Å². The highest BCUT2D eigenvalue weighted by atomic mass is 16.6. The fourth-order valence-electron chi connectivity index (χ4n) is 1.91. The van der Waals surface area contributed by atoms with E-state index in [0.717, 1.165) is 0 Å². The van der Waals surface area contributed by atoms with Gasteiger partial charge in [0.15, 0.2) is 0 Å². The van der Waals surface area contributed by atoms with E-state index >= 15 is 0 Å². The summed E-state index contributed by atoms with van der Waals surface area (Å²) in [7, 11) is 0. The number of aromatic nitrogens is 1. The van der Waals surface area contributed by atoms with Crippen LogP contribution in [-0.4, -0.2) is 22.4 Å². The van der Waals surface area contributed by atoms with Crippen LogP contribution in [0.3, 0.4) is 0 Å². The Labute approximate surface area is 127 Å². The van der Waals surface area contributed by atoms with Gasteiger partial charge in [-0.15, -0.1) is 0 Å². The van der Waals surface area contributed by atoms with Crippen LogP contribution in [0.5, 0.6) is 5.88 Å². The van der Waals surface area contributed by atoms with Crippen molar-refractivity contribution in [1.82, 2.24) is 4.98 Å². The number of amides is 1. The summed E-state index contributed by atoms with van der Waals surface area (Å²) < 4.78 is 5.32. The van der Waals surface area contributed by atoms with Crippen LogP contribution in [0, 0.1) is 17.0 Å². The van der Waals surface area contributed by atoms with Crippen LogP contribution in [0.1, 0.15) is 22.8 Å². The third-order valence-electron chi connectivity index (χ3n) is 2.97. The van der Waals surface area contributed by atoms with Crippen LogP contribution in [0.25, 0.3) is 0 Å². The Kier molecular flexibility index (Phi) is 4.67. The van der Waals surface area contributed by atoms with Crippen molar-refractivity contribution < 1.29 is 14.5 Å². The number of nitrogens with one attached hydrogen (secondary N) is 1. The minimum Gasteiger partial charge on any atom is -0.477 e. The van der Waals surface area contributed by atoms with E-state index < -0.39 is 4.92 Å². The van der Waals surface area contributed by atoms with E-state index in [1.165, 1.54) is 18.2 Å². The number of nitro groups is 1. The summed E-state index contributed by atoms with van der Waals surface area (Å²) in [5.74, 6) is -0.129. The Hall–Kier alpha value is -2.96. The number of aryl methyl sites for hydroxylation is 1. The van der Waals surface area contributed by atoms with Crippen molar-refractivity contribution in [2.45, 2.75) is 13.8 Å². The average Bonchev–Trinajstić information content (AvgIpc) is 2.50. The van der Waals surface area contributed by atoms with Gasteiger partial charge in [0.2, 0.25) is 5.88 Å². The summed E-state index contributed by atoms with van der Waals surface area (Å²) in [6.07, 6.45) is 1.54. The van der Waals surface area contributed by atoms with Crippen LogP contribution < -0.4 is 10.1 Å². The third-order valence-corrected chi connectivity index (χ3v) is 2.97. The quantitative estimate of drug-likeness (QED) is 0.676. The highest BCUT2D eigenvalue weighted by Gasteiger charge is 2.15. The monoisotopic (exact) mass is 301 g/mol. The maximum Gasteiger partial charge on any atom is 0.269 e. The average molecular weight is 301 g/mol. The Morgan fingerprint density at radius 2 is 2.18 bits per heavy atom. The molecule has 0 aliphatic heterocycles. The number of carbonyl (C=O) groups is 1. The molecule has 114 valence electrons. The summed E-state index contributed by atoms with van der Waals surface area (Å²) in [4.78, 5) is 26.6. The topological polar surface area (TPSA) is 94.4 Å². The fourth-order valence-corrected chi connectivity index (χ4v) is 1.91. The molecule has 1 aromatic heterocycles. The number of ether oxygens (including phenoxy) is 1. The van der Waals surface area contributed by atoms with Gasteiger partial charge in [-0.25, -0.2) is 4.98 Å². The number of non-ortho nitro benzene ring substituents is 1. The molecule has 1 N–H and O–H groups in total. The van der Waals surface area contributed by atoms with Crippen molar-refractivity contribution in [3.63, 3.8) is 0 Å². The summed E-state index contributed by atoms with van der Waals surface area (Å²) >= 11 is 0. The molecular weight excluding hydrogens is 286 g/mol. The molecule has 0 radical (unpaired) electrons. The Morgan fingerprint density at radius 1 is 1.41 bits per heavy atom. The molecule has 0 fully saturated rings. The number of rotatable bonds is 5. The van der Waals surface area contributed by atoms with Crippen molar-refractivity contribution in [3.05, 3.63) is 57.8 Å². The van der Waals surface area contributed by atoms with E-state index in [-0.39, 0.29) is 17.5 Å². The largest absolute Gasteiger partial charge is 0.477 e. The molecule has 0 unspecified atom stereocenters. The zero-order valence-electron chi connectivity index (χ0n) is 12.2. The van der Waals surface area contributed by atoms with Crippen LogP contribution in [0.4, 0.5) is 11.4 Å². The number of pyridine rings is 1. The predicted octanol–water partition coefficient (Wildman–Crippen LogP) is 2.95. The first-order valence-electron chi connectivity index (χ1n) is 6.67. The number of hydrogen-bond acceptors (Lipinski definition) is 5. The van der Waals surface area contributed by atoms with Gasteiger partial charge < -0.3 is 10.1 Å². The van der Waals surface area contributed by atoms with E-state index in [9.17, 15) is 14.9 Å². The molecule has 22 heavy (non-hydrogen) atoms. The molecule has 1 amide bonds. The van der Waals surface area contributed by atoms with E-state index in [1.807, 2.05) is 0 Å². The SMILES string of the molecule is CCOc1ncccc1C(=O)Nc1ccc([N+](=O)[O-])cc1C. The van der Waals surface area contributed by atoms with Crippen molar-refractivity contribution >= 4 is 17.3 Å². The maximum absolute atomic E-state index is 12.3. The molecule has 0 saturated carbocycles. The minimum atomic E-state index is -0.479. The number of nitro benzene ring substituents is 1. The normalized spacial score (nSPS) is 10.1. The fraction of sp³-hybridized carbons (Fsp3) is 0.200. The molecule has 7 heteroatoms. The molecule has 0 atom stereocenters. The number of nitrogens with zero attached hydrogens (tertiary/aromatic N) is 2. The van der Waals surface area contributed by atoms with Crippen molar-refractivity contribution in [2.24, 2.45) is 0 Å². The first-order valence-corrected chi connectivity index (χ1v) is 6.67. The lowest BCUT2D eigenvalue weighted by atomic mass is 10.1. The van der Waals surface area contributed by atoms with Gasteiger partial charge in [0.1, 0.15) is 5.56 Å². The maximum atomic E-state index is 12.3. The third kappa shape index (κ3) is 3.38. The van der Waals surface area contributed by atoms with E-state index in [4.69, 9.17) is 4.74 Å². The second-order valence-electron chi connectivity index (χ2n) is 4.50. The van der Waals surface area contributed by atoms with Crippen molar-refractivity contribution in [2.75, 3.05) is 11.9 Å². The highest BCUT2D eigenvalue weighted by molar-refractivity contribution is 6.06. The first-order chi connectivity index (χ1) is 10.5. The molecular formula is C15H15N3O4. The second kappa shape index (κ2) is 6.66. The molecule has 0 saturated heterocycles. The molecule has 1 aromatic carbocycles. The number of anilines is 1. The van der Waals surface area contributed by atoms with Gasteiger partial charge in [0, 0.05) is 24.0 Å². The first kappa shape index (κ1) is 15.4. The standard InChI is InChI=1S/C15H15N3O4/c1-3-22-15-12(5-4-8-16-15)14(19)17-13-7-6-11(18(20)21)9-10(13)2/h4-9H,3H2,1-2H3,(H,17,19). The molecule has 0 aliphatic carbocycles. The smallest absolute Gasteiger partial charge is 0.269 e. The summed E-state index contributed by atoms with van der Waals surface area (Å²) in [5.41, 5.74) is 1.39. The summed E-state index contributed by atoms with van der Waals surface area (Å²) in [6.45, 7) is 3.89. The Bertz CT molecular complexity index is 716. The van der Waals surface area contributed by atoms with Crippen molar-refractivity contribution in [3.8, 4) is 5.88 Å². The number of hydrogen-bond donors (Lipinski definition) is 1. The van der Waals surface area contributed by atoms with Gasteiger partial charge in [-0.1, -0.05) is 0 Å². The molecule has 2 aromatic rings. The second-order valence-corrected chi connectivity index (χ2v) is 4.50. The summed E-state index contributed by atoms with van der Waals surface area (Å²) in [5, 5.41) is 13.4. The van der Waals surface area contributed by atoms with E-state index in [2.05, 4.69) is 10.3 Å². The van der Waals surface area contributed by atoms with Crippen molar-refractivity contribution in [1.29, 1.82) is 0 Å².